The Balaban J connectivity index is 1.71. The van der Waals surface area contributed by atoms with Crippen LogP contribution in [0, 0.1) is 12.7 Å². The standard InChI is InChI=1S/C18H15FN4O2/c1-12-15(11-20-23(12)13-7-3-2-4-8-13)18(25)22-21-17(24)14-9-5-6-10-16(14)19/h2-11H,1H3,(H,21,24)(H,22,25). The molecular formula is C18H15FN4O2. The van der Waals surface area contributed by atoms with Crippen LogP contribution in [-0.2, 0) is 0 Å². The third-order valence-corrected chi connectivity index (χ3v) is 3.66. The molecule has 0 radical (unpaired) electrons. The van der Waals surface area contributed by atoms with Crippen molar-refractivity contribution in [3.63, 3.8) is 0 Å². The number of rotatable bonds is 3. The van der Waals surface area contributed by atoms with E-state index in [1.54, 1.807) is 11.6 Å². The fourth-order valence-corrected chi connectivity index (χ4v) is 2.36. The lowest BCUT2D eigenvalue weighted by molar-refractivity contribution is 0.0844. The third kappa shape index (κ3) is 3.40. The molecule has 1 heterocycles. The number of para-hydroxylation sites is 1. The van der Waals surface area contributed by atoms with Crippen LogP contribution in [0.25, 0.3) is 5.69 Å². The first-order valence-electron chi connectivity index (χ1n) is 7.53. The highest BCUT2D eigenvalue weighted by molar-refractivity contribution is 5.99. The summed E-state index contributed by atoms with van der Waals surface area (Å²) in [6, 6.07) is 14.9. The van der Waals surface area contributed by atoms with E-state index < -0.39 is 17.6 Å². The van der Waals surface area contributed by atoms with Crippen molar-refractivity contribution in [1.82, 2.24) is 20.6 Å². The number of hydrogen-bond donors (Lipinski definition) is 2. The third-order valence-electron chi connectivity index (χ3n) is 3.66. The molecule has 1 aromatic heterocycles. The minimum atomic E-state index is -0.737. The Bertz CT molecular complexity index is 922. The number of amides is 2. The summed E-state index contributed by atoms with van der Waals surface area (Å²) in [5.74, 6) is -1.94. The Morgan fingerprint density at radius 1 is 0.920 bits per heavy atom. The number of aromatic nitrogens is 2. The molecule has 2 N–H and O–H groups in total. The number of halogens is 1. The molecule has 0 unspecified atom stereocenters. The molecule has 0 saturated carbocycles. The lowest BCUT2D eigenvalue weighted by atomic mass is 10.2. The number of nitrogens with zero attached hydrogens (tertiary/aromatic N) is 2. The number of carbonyl (C=O) groups is 2. The number of hydrazine groups is 1. The first-order valence-corrected chi connectivity index (χ1v) is 7.53. The fraction of sp³-hybridized carbons (Fsp3) is 0.0556. The van der Waals surface area contributed by atoms with Gasteiger partial charge in [-0.2, -0.15) is 5.10 Å². The molecule has 0 aliphatic rings. The van der Waals surface area contributed by atoms with Crippen LogP contribution in [0.15, 0.2) is 60.8 Å². The van der Waals surface area contributed by atoms with Crippen LogP contribution >= 0.6 is 0 Å². The minimum absolute atomic E-state index is 0.153. The van der Waals surface area contributed by atoms with E-state index in [-0.39, 0.29) is 5.56 Å². The first-order chi connectivity index (χ1) is 12.1. The normalized spacial score (nSPS) is 10.3. The second-order valence-corrected chi connectivity index (χ2v) is 5.28. The van der Waals surface area contributed by atoms with Crippen LogP contribution in [0.4, 0.5) is 4.39 Å². The molecule has 0 spiro atoms. The van der Waals surface area contributed by atoms with Crippen LogP contribution in [0.2, 0.25) is 0 Å². The Morgan fingerprint density at radius 3 is 2.20 bits per heavy atom. The van der Waals surface area contributed by atoms with Gasteiger partial charge in [-0.25, -0.2) is 9.07 Å². The van der Waals surface area contributed by atoms with Crippen LogP contribution in [0.1, 0.15) is 26.4 Å². The van der Waals surface area contributed by atoms with E-state index in [1.807, 2.05) is 30.3 Å². The van der Waals surface area contributed by atoms with Gasteiger partial charge in [0, 0.05) is 0 Å². The number of nitrogens with one attached hydrogen (secondary N) is 2. The van der Waals surface area contributed by atoms with Crippen molar-refractivity contribution in [1.29, 1.82) is 0 Å². The van der Waals surface area contributed by atoms with Gasteiger partial charge in [0.25, 0.3) is 11.8 Å². The summed E-state index contributed by atoms with van der Waals surface area (Å²) in [7, 11) is 0. The van der Waals surface area contributed by atoms with Crippen molar-refractivity contribution in [2.45, 2.75) is 6.92 Å². The van der Waals surface area contributed by atoms with E-state index in [0.717, 1.165) is 5.69 Å². The average molecular weight is 338 g/mol. The van der Waals surface area contributed by atoms with Crippen LogP contribution in [-0.4, -0.2) is 21.6 Å². The molecule has 25 heavy (non-hydrogen) atoms. The zero-order valence-electron chi connectivity index (χ0n) is 13.4. The highest BCUT2D eigenvalue weighted by Gasteiger charge is 2.17. The zero-order valence-corrected chi connectivity index (χ0v) is 13.4. The molecule has 2 aromatic carbocycles. The van der Waals surface area contributed by atoms with Gasteiger partial charge < -0.3 is 0 Å². The van der Waals surface area contributed by atoms with Gasteiger partial charge in [-0.05, 0) is 31.2 Å². The summed E-state index contributed by atoms with van der Waals surface area (Å²) >= 11 is 0. The minimum Gasteiger partial charge on any atom is -0.267 e. The van der Waals surface area contributed by atoms with Gasteiger partial charge in [-0.15, -0.1) is 0 Å². The molecule has 3 rings (SSSR count). The van der Waals surface area contributed by atoms with Crippen molar-refractivity contribution in [2.24, 2.45) is 0 Å². The van der Waals surface area contributed by atoms with Crippen LogP contribution in [0.5, 0.6) is 0 Å². The molecule has 0 saturated heterocycles. The first kappa shape index (κ1) is 16.4. The van der Waals surface area contributed by atoms with E-state index in [0.29, 0.717) is 11.3 Å². The maximum atomic E-state index is 13.6. The predicted octanol–water partition coefficient (Wildman–Crippen LogP) is 2.39. The van der Waals surface area contributed by atoms with Gasteiger partial charge in [0.15, 0.2) is 0 Å². The molecule has 3 aromatic rings. The monoisotopic (exact) mass is 338 g/mol. The maximum Gasteiger partial charge on any atom is 0.273 e. The molecule has 0 fully saturated rings. The van der Waals surface area contributed by atoms with Gasteiger partial charge in [-0.3, -0.25) is 20.4 Å². The van der Waals surface area contributed by atoms with E-state index >= 15 is 0 Å². The highest BCUT2D eigenvalue weighted by atomic mass is 19.1. The molecule has 0 aliphatic carbocycles. The maximum absolute atomic E-state index is 13.6. The number of hydrogen-bond acceptors (Lipinski definition) is 3. The largest absolute Gasteiger partial charge is 0.273 e. The van der Waals surface area contributed by atoms with Crippen molar-refractivity contribution < 1.29 is 14.0 Å². The quantitative estimate of drug-likeness (QED) is 0.720. The van der Waals surface area contributed by atoms with Gasteiger partial charge in [-0.1, -0.05) is 30.3 Å². The summed E-state index contributed by atoms with van der Waals surface area (Å²) in [5.41, 5.74) is 6.05. The van der Waals surface area contributed by atoms with Gasteiger partial charge >= 0.3 is 0 Å². The second kappa shape index (κ2) is 6.96. The van der Waals surface area contributed by atoms with E-state index in [9.17, 15) is 14.0 Å². The summed E-state index contributed by atoms with van der Waals surface area (Å²) in [6.07, 6.45) is 1.41. The van der Waals surface area contributed by atoms with Crippen molar-refractivity contribution in [2.75, 3.05) is 0 Å². The van der Waals surface area contributed by atoms with E-state index in [1.165, 1.54) is 30.5 Å². The summed E-state index contributed by atoms with van der Waals surface area (Å²) in [5, 5.41) is 4.19. The molecule has 0 bridgehead atoms. The predicted molar refractivity (Wildman–Crippen MR) is 89.6 cm³/mol. The van der Waals surface area contributed by atoms with Crippen LogP contribution in [0.3, 0.4) is 0 Å². The van der Waals surface area contributed by atoms with Crippen molar-refractivity contribution >= 4 is 11.8 Å². The topological polar surface area (TPSA) is 76.0 Å². The Kier molecular flexibility index (Phi) is 4.56. The highest BCUT2D eigenvalue weighted by Crippen LogP contribution is 2.13. The molecule has 7 heteroatoms. The number of benzene rings is 2. The van der Waals surface area contributed by atoms with Crippen molar-refractivity contribution in [3.8, 4) is 5.69 Å². The molecule has 0 atom stereocenters. The Hall–Kier alpha value is -3.48. The van der Waals surface area contributed by atoms with Gasteiger partial charge in [0.2, 0.25) is 0 Å². The van der Waals surface area contributed by atoms with E-state index in [4.69, 9.17) is 0 Å². The lowest BCUT2D eigenvalue weighted by Crippen LogP contribution is -2.42. The average Bonchev–Trinajstić information content (AvgIpc) is 3.02. The Morgan fingerprint density at radius 2 is 1.52 bits per heavy atom. The molecule has 126 valence electrons. The molecule has 2 amide bonds. The SMILES string of the molecule is Cc1c(C(=O)NNC(=O)c2ccccc2F)cnn1-c1ccccc1. The lowest BCUT2D eigenvalue weighted by Gasteiger charge is -2.08. The van der Waals surface area contributed by atoms with Crippen LogP contribution < -0.4 is 10.9 Å². The Labute approximate surface area is 143 Å². The molecular weight excluding hydrogens is 323 g/mol. The molecule has 6 nitrogen and oxygen atoms in total. The summed E-state index contributed by atoms with van der Waals surface area (Å²) in [6.45, 7) is 1.74. The summed E-state index contributed by atoms with van der Waals surface area (Å²) < 4.78 is 15.2. The summed E-state index contributed by atoms with van der Waals surface area (Å²) in [4.78, 5) is 24.2. The second-order valence-electron chi connectivity index (χ2n) is 5.28. The molecule has 0 aliphatic heterocycles. The number of carbonyl (C=O) groups excluding carboxylic acids is 2. The van der Waals surface area contributed by atoms with Crippen molar-refractivity contribution in [3.05, 3.63) is 83.4 Å². The zero-order chi connectivity index (χ0) is 17.8. The fourth-order valence-electron chi connectivity index (χ4n) is 2.36. The van der Waals surface area contributed by atoms with Gasteiger partial charge in [0.05, 0.1) is 28.7 Å². The smallest absolute Gasteiger partial charge is 0.267 e. The van der Waals surface area contributed by atoms with E-state index in [2.05, 4.69) is 16.0 Å². The van der Waals surface area contributed by atoms with Gasteiger partial charge in [0.1, 0.15) is 5.82 Å².